The van der Waals surface area contributed by atoms with Crippen LogP contribution >= 0.6 is 22.9 Å². The third-order valence-corrected chi connectivity index (χ3v) is 4.73. The van der Waals surface area contributed by atoms with Crippen molar-refractivity contribution in [3.63, 3.8) is 0 Å². The largest absolute Gasteiger partial charge is 0.379 e. The fraction of sp³-hybridized carbons (Fsp3) is 0.118. The monoisotopic (exact) mass is 314 g/mol. The van der Waals surface area contributed by atoms with Crippen LogP contribution < -0.4 is 5.32 Å². The highest BCUT2D eigenvalue weighted by Gasteiger charge is 2.03. The van der Waals surface area contributed by atoms with E-state index in [1.807, 2.05) is 19.1 Å². The number of aryl methyl sites for hydroxylation is 1. The summed E-state index contributed by atoms with van der Waals surface area (Å²) in [6, 6.07) is 16.8. The smallest absolute Gasteiger partial charge is 0.132 e. The van der Waals surface area contributed by atoms with Gasteiger partial charge in [-0.15, -0.1) is 11.3 Å². The van der Waals surface area contributed by atoms with Crippen molar-refractivity contribution >= 4 is 28.6 Å². The molecule has 0 amide bonds. The van der Waals surface area contributed by atoms with Gasteiger partial charge in [-0.3, -0.25) is 0 Å². The predicted molar refractivity (Wildman–Crippen MR) is 91.1 cm³/mol. The number of rotatable bonds is 4. The molecule has 21 heavy (non-hydrogen) atoms. The van der Waals surface area contributed by atoms with Gasteiger partial charge in [0.25, 0.3) is 0 Å². The molecule has 0 atom stereocenters. The maximum absolute atomic E-state index is 5.93. The summed E-state index contributed by atoms with van der Waals surface area (Å²) >= 11 is 7.74. The fourth-order valence-corrected chi connectivity index (χ4v) is 3.13. The zero-order chi connectivity index (χ0) is 14.7. The van der Waals surface area contributed by atoms with E-state index in [9.17, 15) is 0 Å². The number of hydrogen-bond donors (Lipinski definition) is 1. The lowest BCUT2D eigenvalue weighted by molar-refractivity contribution is 1.16. The molecule has 0 radical (unpaired) electrons. The van der Waals surface area contributed by atoms with E-state index in [4.69, 9.17) is 11.6 Å². The molecule has 0 unspecified atom stereocenters. The molecule has 2 heterocycles. The van der Waals surface area contributed by atoms with Crippen molar-refractivity contribution in [2.24, 2.45) is 0 Å². The third-order valence-electron chi connectivity index (χ3n) is 3.20. The molecule has 3 rings (SSSR count). The topological polar surface area (TPSA) is 24.9 Å². The van der Waals surface area contributed by atoms with Crippen molar-refractivity contribution in [3.8, 4) is 10.4 Å². The lowest BCUT2D eigenvalue weighted by Gasteiger charge is -2.06. The molecule has 0 aliphatic rings. The number of nitrogens with one attached hydrogen (secondary N) is 1. The summed E-state index contributed by atoms with van der Waals surface area (Å²) in [6.07, 6.45) is 1.76. The second-order valence-corrected chi connectivity index (χ2v) is 6.34. The summed E-state index contributed by atoms with van der Waals surface area (Å²) < 4.78 is 0. The van der Waals surface area contributed by atoms with Crippen LogP contribution in [0.4, 0.5) is 5.69 Å². The summed E-state index contributed by atoms with van der Waals surface area (Å²) in [5, 5.41) is 3.94. The SMILES string of the molecule is Cc1cc(NCc2ccc(-c3ccccc3)s2)cnc1Cl. The molecule has 3 aromatic rings. The van der Waals surface area contributed by atoms with E-state index in [0.717, 1.165) is 17.8 Å². The second-order valence-electron chi connectivity index (χ2n) is 4.82. The molecule has 0 fully saturated rings. The highest BCUT2D eigenvalue weighted by atomic mass is 35.5. The molecule has 0 aliphatic carbocycles. The normalized spacial score (nSPS) is 10.6. The average molecular weight is 315 g/mol. The van der Waals surface area contributed by atoms with Gasteiger partial charge in [0.15, 0.2) is 0 Å². The van der Waals surface area contributed by atoms with Crippen LogP contribution in [-0.2, 0) is 6.54 Å². The molecule has 0 saturated heterocycles. The Hall–Kier alpha value is -1.84. The molecule has 2 aromatic heterocycles. The maximum atomic E-state index is 5.93. The molecule has 0 saturated carbocycles. The van der Waals surface area contributed by atoms with E-state index in [1.54, 1.807) is 17.5 Å². The molecule has 106 valence electrons. The minimum absolute atomic E-state index is 0.558. The Kier molecular flexibility index (Phi) is 4.23. The third kappa shape index (κ3) is 3.43. The van der Waals surface area contributed by atoms with Crippen LogP contribution in [0.25, 0.3) is 10.4 Å². The van der Waals surface area contributed by atoms with Gasteiger partial charge in [0.05, 0.1) is 11.9 Å². The number of pyridine rings is 1. The van der Waals surface area contributed by atoms with Gasteiger partial charge >= 0.3 is 0 Å². The number of halogens is 1. The molecule has 0 bridgehead atoms. The Balaban J connectivity index is 1.69. The first kappa shape index (κ1) is 14.1. The Bertz CT molecular complexity index is 738. The Morgan fingerprint density at radius 2 is 1.95 bits per heavy atom. The lowest BCUT2D eigenvalue weighted by Crippen LogP contribution is -1.98. The van der Waals surface area contributed by atoms with Crippen molar-refractivity contribution in [1.29, 1.82) is 0 Å². The van der Waals surface area contributed by atoms with Gasteiger partial charge in [-0.1, -0.05) is 41.9 Å². The highest BCUT2D eigenvalue weighted by Crippen LogP contribution is 2.28. The predicted octanol–water partition coefficient (Wildman–Crippen LogP) is 5.38. The highest BCUT2D eigenvalue weighted by molar-refractivity contribution is 7.15. The van der Waals surface area contributed by atoms with Gasteiger partial charge in [-0.2, -0.15) is 0 Å². The number of aromatic nitrogens is 1. The fourth-order valence-electron chi connectivity index (χ4n) is 2.07. The van der Waals surface area contributed by atoms with Gasteiger partial charge in [-0.05, 0) is 36.2 Å². The first-order valence-electron chi connectivity index (χ1n) is 6.72. The van der Waals surface area contributed by atoms with Gasteiger partial charge < -0.3 is 5.32 Å². The second kappa shape index (κ2) is 6.29. The van der Waals surface area contributed by atoms with E-state index in [2.05, 4.69) is 46.7 Å². The Morgan fingerprint density at radius 1 is 1.14 bits per heavy atom. The Labute approximate surface area is 133 Å². The van der Waals surface area contributed by atoms with Crippen molar-refractivity contribution < 1.29 is 0 Å². The van der Waals surface area contributed by atoms with Crippen molar-refractivity contribution in [3.05, 3.63) is 70.3 Å². The molecule has 0 aliphatic heterocycles. The van der Waals surface area contributed by atoms with E-state index in [-0.39, 0.29) is 0 Å². The molecule has 1 aromatic carbocycles. The number of hydrogen-bond acceptors (Lipinski definition) is 3. The number of anilines is 1. The summed E-state index contributed by atoms with van der Waals surface area (Å²) in [6.45, 7) is 2.75. The summed E-state index contributed by atoms with van der Waals surface area (Å²) in [7, 11) is 0. The molecular formula is C17H15ClN2S. The van der Waals surface area contributed by atoms with E-state index in [0.29, 0.717) is 5.15 Å². The quantitative estimate of drug-likeness (QED) is 0.654. The van der Waals surface area contributed by atoms with Crippen LogP contribution in [0.2, 0.25) is 5.15 Å². The standard InChI is InChI=1S/C17H15ClN2S/c1-12-9-14(10-20-17(12)18)19-11-15-7-8-16(21-15)13-5-3-2-4-6-13/h2-10,19H,11H2,1H3. The van der Waals surface area contributed by atoms with Crippen molar-refractivity contribution in [1.82, 2.24) is 4.98 Å². The number of benzene rings is 1. The van der Waals surface area contributed by atoms with Crippen LogP contribution in [0, 0.1) is 6.92 Å². The van der Waals surface area contributed by atoms with Crippen molar-refractivity contribution in [2.75, 3.05) is 5.32 Å². The van der Waals surface area contributed by atoms with Gasteiger partial charge in [0.1, 0.15) is 5.15 Å². The van der Waals surface area contributed by atoms with Gasteiger partial charge in [0, 0.05) is 16.3 Å². The molecule has 4 heteroatoms. The van der Waals surface area contributed by atoms with Crippen molar-refractivity contribution in [2.45, 2.75) is 13.5 Å². The van der Waals surface area contributed by atoms with E-state index < -0.39 is 0 Å². The van der Waals surface area contributed by atoms with E-state index >= 15 is 0 Å². The van der Waals surface area contributed by atoms with Crippen LogP contribution in [0.15, 0.2) is 54.7 Å². The first-order valence-corrected chi connectivity index (χ1v) is 7.92. The maximum Gasteiger partial charge on any atom is 0.132 e. The van der Waals surface area contributed by atoms with Crippen LogP contribution in [0.1, 0.15) is 10.4 Å². The number of thiophene rings is 1. The Morgan fingerprint density at radius 3 is 2.71 bits per heavy atom. The lowest BCUT2D eigenvalue weighted by atomic mass is 10.2. The van der Waals surface area contributed by atoms with E-state index in [1.165, 1.54) is 15.3 Å². The van der Waals surface area contributed by atoms with Gasteiger partial charge in [0.2, 0.25) is 0 Å². The summed E-state index contributed by atoms with van der Waals surface area (Å²) in [5.74, 6) is 0. The zero-order valence-electron chi connectivity index (χ0n) is 11.6. The molecule has 2 nitrogen and oxygen atoms in total. The first-order chi connectivity index (χ1) is 10.2. The van der Waals surface area contributed by atoms with Crippen LogP contribution in [-0.4, -0.2) is 4.98 Å². The number of nitrogens with zero attached hydrogens (tertiary/aromatic N) is 1. The summed E-state index contributed by atoms with van der Waals surface area (Å²) in [4.78, 5) is 6.73. The van der Waals surface area contributed by atoms with Crippen LogP contribution in [0.3, 0.4) is 0 Å². The molecular weight excluding hydrogens is 300 g/mol. The minimum atomic E-state index is 0.558. The van der Waals surface area contributed by atoms with Crippen LogP contribution in [0.5, 0.6) is 0 Å². The molecule has 1 N–H and O–H groups in total. The van der Waals surface area contributed by atoms with Gasteiger partial charge in [-0.25, -0.2) is 4.98 Å². The zero-order valence-corrected chi connectivity index (χ0v) is 13.2. The summed E-state index contributed by atoms with van der Waals surface area (Å²) in [5.41, 5.74) is 3.24. The minimum Gasteiger partial charge on any atom is -0.379 e. The average Bonchev–Trinajstić information content (AvgIpc) is 2.98. The molecule has 0 spiro atoms.